The zero-order valence-corrected chi connectivity index (χ0v) is 17.1. The highest BCUT2D eigenvalue weighted by Gasteiger charge is 2.23. The molecule has 0 radical (unpaired) electrons. The lowest BCUT2D eigenvalue weighted by atomic mass is 10.0. The largest absolute Gasteiger partial charge is 0.493 e. The number of hydrogen-bond donors (Lipinski definition) is 1. The van der Waals surface area contributed by atoms with Gasteiger partial charge in [-0.25, -0.2) is 4.39 Å². The molecule has 0 atom stereocenters. The second-order valence-electron chi connectivity index (χ2n) is 6.49. The Hall–Kier alpha value is -3.12. The predicted molar refractivity (Wildman–Crippen MR) is 114 cm³/mol. The van der Waals surface area contributed by atoms with E-state index in [1.54, 1.807) is 37.5 Å². The summed E-state index contributed by atoms with van der Waals surface area (Å²) < 4.78 is 25.9. The van der Waals surface area contributed by atoms with Crippen molar-refractivity contribution in [1.29, 1.82) is 0 Å². The molecule has 4 nitrogen and oxygen atoms in total. The Morgan fingerprint density at radius 3 is 2.69 bits per heavy atom. The maximum Gasteiger partial charge on any atom is 0.256 e. The molecule has 4 rings (SSSR count). The zero-order chi connectivity index (χ0) is 20.4. The summed E-state index contributed by atoms with van der Waals surface area (Å²) in [5.41, 5.74) is 3.44. The van der Waals surface area contributed by atoms with Crippen LogP contribution in [-0.4, -0.2) is 13.0 Å². The van der Waals surface area contributed by atoms with Gasteiger partial charge in [0.1, 0.15) is 12.4 Å². The van der Waals surface area contributed by atoms with Gasteiger partial charge in [-0.15, -0.1) is 0 Å². The molecular weight excluding hydrogens is 437 g/mol. The minimum absolute atomic E-state index is 0.0544. The van der Waals surface area contributed by atoms with Crippen LogP contribution in [0.25, 0.3) is 11.6 Å². The van der Waals surface area contributed by atoms with Crippen molar-refractivity contribution in [2.75, 3.05) is 12.4 Å². The smallest absolute Gasteiger partial charge is 0.256 e. The Balaban J connectivity index is 1.63. The minimum Gasteiger partial charge on any atom is -0.493 e. The van der Waals surface area contributed by atoms with Crippen molar-refractivity contribution in [3.8, 4) is 11.5 Å². The van der Waals surface area contributed by atoms with E-state index in [0.29, 0.717) is 27.1 Å². The number of ether oxygens (including phenoxy) is 2. The molecule has 0 spiro atoms. The summed E-state index contributed by atoms with van der Waals surface area (Å²) in [6.45, 7) is 0.0544. The van der Waals surface area contributed by atoms with Gasteiger partial charge < -0.3 is 14.8 Å². The average molecular weight is 454 g/mol. The van der Waals surface area contributed by atoms with Gasteiger partial charge in [-0.1, -0.05) is 46.3 Å². The quantitative estimate of drug-likeness (QED) is 0.506. The number of para-hydroxylation sites is 1. The molecule has 6 heteroatoms. The third kappa shape index (κ3) is 4.03. The Morgan fingerprint density at radius 1 is 1.07 bits per heavy atom. The molecule has 1 amide bonds. The van der Waals surface area contributed by atoms with E-state index in [4.69, 9.17) is 9.47 Å². The highest BCUT2D eigenvalue weighted by Crippen LogP contribution is 2.35. The molecule has 3 aromatic carbocycles. The fourth-order valence-corrected chi connectivity index (χ4v) is 3.47. The van der Waals surface area contributed by atoms with Crippen LogP contribution in [0, 0.1) is 5.82 Å². The van der Waals surface area contributed by atoms with Crippen molar-refractivity contribution in [3.63, 3.8) is 0 Å². The van der Waals surface area contributed by atoms with Crippen LogP contribution in [-0.2, 0) is 11.4 Å². The van der Waals surface area contributed by atoms with Gasteiger partial charge in [-0.2, -0.15) is 0 Å². The van der Waals surface area contributed by atoms with Gasteiger partial charge in [0.25, 0.3) is 5.91 Å². The van der Waals surface area contributed by atoms with E-state index >= 15 is 0 Å². The number of carbonyl (C=O) groups is 1. The highest BCUT2D eigenvalue weighted by molar-refractivity contribution is 9.10. The molecule has 29 heavy (non-hydrogen) atoms. The zero-order valence-electron chi connectivity index (χ0n) is 15.5. The Bertz CT molecular complexity index is 1130. The van der Waals surface area contributed by atoms with E-state index in [2.05, 4.69) is 21.2 Å². The number of hydrogen-bond acceptors (Lipinski definition) is 3. The SMILES string of the molecule is COc1ccc(/C=C2\C(=O)Nc3ccccc32)cc1OCc1ccc(Br)cc1F. The van der Waals surface area contributed by atoms with E-state index in [1.807, 2.05) is 30.3 Å². The van der Waals surface area contributed by atoms with Crippen molar-refractivity contribution in [1.82, 2.24) is 0 Å². The molecule has 1 N–H and O–H groups in total. The molecule has 0 saturated heterocycles. The number of halogens is 2. The van der Waals surface area contributed by atoms with Crippen molar-refractivity contribution in [3.05, 3.63) is 87.6 Å². The predicted octanol–water partition coefficient (Wildman–Crippen LogP) is 5.67. The Kier molecular flexibility index (Phi) is 5.36. The first-order valence-electron chi connectivity index (χ1n) is 8.92. The van der Waals surface area contributed by atoms with E-state index < -0.39 is 0 Å². The van der Waals surface area contributed by atoms with Crippen molar-refractivity contribution in [2.45, 2.75) is 6.61 Å². The van der Waals surface area contributed by atoms with Crippen LogP contribution in [0.4, 0.5) is 10.1 Å². The van der Waals surface area contributed by atoms with Gasteiger partial charge in [0.2, 0.25) is 0 Å². The van der Waals surface area contributed by atoms with Gasteiger partial charge in [0, 0.05) is 26.9 Å². The third-order valence-corrected chi connectivity index (χ3v) is 5.10. The lowest BCUT2D eigenvalue weighted by Gasteiger charge is -2.12. The Labute approximate surface area is 176 Å². The molecule has 0 saturated carbocycles. The van der Waals surface area contributed by atoms with Crippen LogP contribution in [0.5, 0.6) is 11.5 Å². The molecule has 0 unspecified atom stereocenters. The maximum absolute atomic E-state index is 14.1. The fourth-order valence-electron chi connectivity index (χ4n) is 3.14. The van der Waals surface area contributed by atoms with E-state index in [1.165, 1.54) is 6.07 Å². The van der Waals surface area contributed by atoms with Gasteiger partial charge in [0.15, 0.2) is 11.5 Å². The maximum atomic E-state index is 14.1. The molecule has 1 aliphatic heterocycles. The number of amides is 1. The standard InChI is InChI=1S/C23H17BrFNO3/c1-28-21-9-6-14(10-18-17-4-2-3-5-20(17)26-23(18)27)11-22(21)29-13-15-7-8-16(24)12-19(15)25/h2-12H,13H2,1H3,(H,26,27)/b18-10-. The molecule has 0 fully saturated rings. The lowest BCUT2D eigenvalue weighted by Crippen LogP contribution is -2.03. The number of benzene rings is 3. The number of carbonyl (C=O) groups excluding carboxylic acids is 1. The monoisotopic (exact) mass is 453 g/mol. The first kappa shape index (κ1) is 19.2. The van der Waals surface area contributed by atoms with Crippen LogP contribution < -0.4 is 14.8 Å². The average Bonchev–Trinajstić information content (AvgIpc) is 3.03. The second-order valence-corrected chi connectivity index (χ2v) is 7.41. The number of nitrogens with one attached hydrogen (secondary N) is 1. The summed E-state index contributed by atoms with van der Waals surface area (Å²) in [5, 5.41) is 2.85. The van der Waals surface area contributed by atoms with E-state index in [9.17, 15) is 9.18 Å². The summed E-state index contributed by atoms with van der Waals surface area (Å²) in [6, 6.07) is 17.7. The van der Waals surface area contributed by atoms with Gasteiger partial charge >= 0.3 is 0 Å². The summed E-state index contributed by atoms with van der Waals surface area (Å²) in [4.78, 5) is 12.3. The van der Waals surface area contributed by atoms with Gasteiger partial charge in [-0.3, -0.25) is 4.79 Å². The van der Waals surface area contributed by atoms with E-state index in [-0.39, 0.29) is 18.3 Å². The van der Waals surface area contributed by atoms with Crippen molar-refractivity contribution >= 4 is 39.2 Å². The number of rotatable bonds is 5. The molecule has 1 aliphatic rings. The molecule has 0 aliphatic carbocycles. The van der Waals surface area contributed by atoms with Gasteiger partial charge in [-0.05, 0) is 42.0 Å². The van der Waals surface area contributed by atoms with Crippen LogP contribution in [0.1, 0.15) is 16.7 Å². The number of fused-ring (bicyclic) bond motifs is 1. The second kappa shape index (κ2) is 8.09. The van der Waals surface area contributed by atoms with Crippen molar-refractivity contribution in [2.24, 2.45) is 0 Å². The molecule has 1 heterocycles. The molecule has 146 valence electrons. The third-order valence-electron chi connectivity index (χ3n) is 4.61. The molecule has 0 aromatic heterocycles. The molecule has 3 aromatic rings. The number of methoxy groups -OCH3 is 1. The van der Waals surface area contributed by atoms with Crippen LogP contribution in [0.3, 0.4) is 0 Å². The summed E-state index contributed by atoms with van der Waals surface area (Å²) >= 11 is 3.24. The lowest BCUT2D eigenvalue weighted by molar-refractivity contribution is -0.110. The van der Waals surface area contributed by atoms with Gasteiger partial charge in [0.05, 0.1) is 7.11 Å². The minimum atomic E-state index is -0.351. The van der Waals surface area contributed by atoms with Crippen LogP contribution in [0.15, 0.2) is 65.1 Å². The first-order chi connectivity index (χ1) is 14.0. The summed E-state index contributed by atoms with van der Waals surface area (Å²) in [7, 11) is 1.54. The van der Waals surface area contributed by atoms with Crippen LogP contribution in [0.2, 0.25) is 0 Å². The number of anilines is 1. The van der Waals surface area contributed by atoms with Crippen molar-refractivity contribution < 1.29 is 18.7 Å². The Morgan fingerprint density at radius 2 is 1.90 bits per heavy atom. The summed E-state index contributed by atoms with van der Waals surface area (Å²) in [5.74, 6) is 0.495. The normalized spacial score (nSPS) is 13.9. The van der Waals surface area contributed by atoms with Crippen LogP contribution >= 0.6 is 15.9 Å². The topological polar surface area (TPSA) is 47.6 Å². The van der Waals surface area contributed by atoms with E-state index in [0.717, 1.165) is 16.8 Å². The first-order valence-corrected chi connectivity index (χ1v) is 9.71. The molecule has 0 bridgehead atoms. The molecular formula is C23H17BrFNO3. The summed E-state index contributed by atoms with van der Waals surface area (Å²) in [6.07, 6.45) is 1.80. The fraction of sp³-hybridized carbons (Fsp3) is 0.0870. The highest BCUT2D eigenvalue weighted by atomic mass is 79.9.